The molecule has 0 unspecified atom stereocenters. The average Bonchev–Trinajstić information content (AvgIpc) is 3.28. The van der Waals surface area contributed by atoms with Gasteiger partial charge < -0.3 is 9.47 Å². The average molecular weight is 526 g/mol. The molecule has 0 spiro atoms. The van der Waals surface area contributed by atoms with Crippen molar-refractivity contribution in [3.05, 3.63) is 58.2 Å². The van der Waals surface area contributed by atoms with Crippen LogP contribution < -0.4 is 9.70 Å². The number of thiazole rings is 1. The van der Waals surface area contributed by atoms with Crippen molar-refractivity contribution < 1.29 is 25.9 Å². The Morgan fingerprint density at radius 3 is 2.30 bits per heavy atom. The molecule has 13 heteroatoms. The summed E-state index contributed by atoms with van der Waals surface area (Å²) in [5.74, 6) is 0. The Morgan fingerprint density at radius 1 is 1.00 bits per heavy atom. The first-order valence-corrected chi connectivity index (χ1v) is 14.2. The molecule has 3 aromatic rings. The van der Waals surface area contributed by atoms with E-state index in [2.05, 4.69) is 10.7 Å². The highest BCUT2D eigenvalue weighted by Crippen LogP contribution is 2.46. The number of thioether (sulfide) groups is 1. The van der Waals surface area contributed by atoms with Crippen molar-refractivity contribution in [1.29, 1.82) is 0 Å². The second kappa shape index (κ2) is 8.76. The minimum absolute atomic E-state index is 0.168. The van der Waals surface area contributed by atoms with E-state index in [1.807, 2.05) is 23.3 Å². The van der Waals surface area contributed by atoms with E-state index >= 15 is 0 Å². The number of hydrogen-bond donors (Lipinski definition) is 2. The van der Waals surface area contributed by atoms with E-state index in [9.17, 15) is 25.9 Å². The highest BCUT2D eigenvalue weighted by Gasteiger charge is 2.25. The first kappa shape index (κ1) is 23.8. The Morgan fingerprint density at radius 2 is 1.67 bits per heavy atom. The van der Waals surface area contributed by atoms with Crippen LogP contribution in [0.3, 0.4) is 0 Å². The van der Waals surface area contributed by atoms with Crippen molar-refractivity contribution in [3.8, 4) is 0 Å². The highest BCUT2D eigenvalue weighted by molar-refractivity contribution is 8.03. The number of rotatable bonds is 5. The van der Waals surface area contributed by atoms with E-state index in [-0.39, 0.29) is 9.79 Å². The van der Waals surface area contributed by atoms with E-state index in [0.29, 0.717) is 27.5 Å². The molecule has 4 rings (SSSR count). The summed E-state index contributed by atoms with van der Waals surface area (Å²) in [5.41, 5.74) is 4.74. The Bertz CT molecular complexity index is 1610. The van der Waals surface area contributed by atoms with Gasteiger partial charge in [-0.15, -0.1) is 0 Å². The fraction of sp³-hybridized carbons (Fsp3) is 0.200. The lowest BCUT2D eigenvalue weighted by Crippen LogP contribution is -2.16. The van der Waals surface area contributed by atoms with Crippen molar-refractivity contribution in [2.24, 2.45) is 4.99 Å². The second-order valence-electron chi connectivity index (χ2n) is 6.89. The van der Waals surface area contributed by atoms with E-state index in [4.69, 9.17) is 0 Å². The third-order valence-electron chi connectivity index (χ3n) is 4.92. The Balaban J connectivity index is 1.76. The molecule has 0 saturated heterocycles. The van der Waals surface area contributed by atoms with Crippen LogP contribution in [0, 0.1) is 0 Å². The molecular formula is C20H19N3O6S4. The molecule has 1 aromatic heterocycles. The standard InChI is InChI=1S/C20H19N3O6S4/c1-3-22-15-7-5-13(32(24,25)26)11-17(15)30-19(22)9-10-21-20-23(4-2)16-8-6-14(33(27,28)29)12-18(16)31-20/h5-8,10-12H,3-4H2,1-2H3,(H,24,25,26)(H,27,28,29). The highest BCUT2D eigenvalue weighted by atomic mass is 32.2. The van der Waals surface area contributed by atoms with Crippen molar-refractivity contribution in [2.45, 2.75) is 35.1 Å². The maximum absolute atomic E-state index is 11.4. The number of hydrogen-bond acceptors (Lipinski definition) is 8. The third kappa shape index (κ3) is 4.66. The molecule has 0 aliphatic carbocycles. The zero-order chi connectivity index (χ0) is 24.0. The van der Waals surface area contributed by atoms with Crippen LogP contribution in [0.5, 0.6) is 0 Å². The van der Waals surface area contributed by atoms with Gasteiger partial charge in [0.05, 0.1) is 31.9 Å². The number of aromatic nitrogens is 1. The smallest absolute Gasteiger partial charge is 0.294 e. The Labute approximate surface area is 198 Å². The van der Waals surface area contributed by atoms with Crippen LogP contribution >= 0.6 is 23.1 Å². The molecule has 2 heterocycles. The van der Waals surface area contributed by atoms with Crippen molar-refractivity contribution >= 4 is 59.2 Å². The first-order chi connectivity index (χ1) is 15.5. The summed E-state index contributed by atoms with van der Waals surface area (Å²) in [5, 5.41) is 0.724. The largest absolute Gasteiger partial charge is 0.329 e. The predicted octanol–water partition coefficient (Wildman–Crippen LogP) is 3.70. The Hall–Kier alpha value is -2.38. The molecule has 0 saturated carbocycles. The number of aryl methyl sites for hydroxylation is 1. The summed E-state index contributed by atoms with van der Waals surface area (Å²) in [6, 6.07) is 8.83. The summed E-state index contributed by atoms with van der Waals surface area (Å²) in [6.45, 7) is 5.12. The molecule has 2 aromatic carbocycles. The van der Waals surface area contributed by atoms with Gasteiger partial charge in [0.2, 0.25) is 0 Å². The van der Waals surface area contributed by atoms with Gasteiger partial charge in [0.1, 0.15) is 5.03 Å². The van der Waals surface area contributed by atoms with Crippen LogP contribution in [0.1, 0.15) is 13.8 Å². The molecule has 9 nitrogen and oxygen atoms in total. The van der Waals surface area contributed by atoms with Crippen molar-refractivity contribution in [3.63, 3.8) is 0 Å². The van der Waals surface area contributed by atoms with Gasteiger partial charge in [0.25, 0.3) is 20.2 Å². The topological polar surface area (TPSA) is 129 Å². The summed E-state index contributed by atoms with van der Waals surface area (Å²) in [7, 11) is -8.59. The van der Waals surface area contributed by atoms with Gasteiger partial charge >= 0.3 is 0 Å². The van der Waals surface area contributed by atoms with Crippen LogP contribution in [0.4, 0.5) is 5.69 Å². The predicted molar refractivity (Wildman–Crippen MR) is 128 cm³/mol. The first-order valence-electron chi connectivity index (χ1n) is 9.69. The van der Waals surface area contributed by atoms with E-state index in [0.717, 1.165) is 16.2 Å². The summed E-state index contributed by atoms with van der Waals surface area (Å²) >= 11 is 2.61. The van der Waals surface area contributed by atoms with Gasteiger partial charge in [0, 0.05) is 18.0 Å². The SMILES string of the molecule is CCN1C(=C=CN=c2sc3cc(S(=O)(=O)O)ccc3n2CC)Sc2cc(S(=O)(=O)O)ccc21. The molecule has 174 valence electrons. The maximum Gasteiger partial charge on any atom is 0.294 e. The summed E-state index contributed by atoms with van der Waals surface area (Å²) < 4.78 is 67.0. The number of nitrogens with zero attached hydrogens (tertiary/aromatic N) is 3. The molecule has 1 aliphatic heterocycles. The fourth-order valence-corrected chi connectivity index (χ4v) is 6.81. The zero-order valence-corrected chi connectivity index (χ0v) is 20.7. The summed E-state index contributed by atoms with van der Waals surface area (Å²) in [6.07, 6.45) is 1.52. The molecule has 2 N–H and O–H groups in total. The van der Waals surface area contributed by atoms with Crippen LogP contribution in [0.2, 0.25) is 0 Å². The van der Waals surface area contributed by atoms with Gasteiger partial charge in [-0.1, -0.05) is 28.8 Å². The van der Waals surface area contributed by atoms with Crippen LogP contribution in [-0.2, 0) is 26.8 Å². The molecule has 0 atom stereocenters. The lowest BCUT2D eigenvalue weighted by Gasteiger charge is -2.16. The van der Waals surface area contributed by atoms with Crippen LogP contribution in [0.25, 0.3) is 10.2 Å². The fourth-order valence-electron chi connectivity index (χ4n) is 3.41. The van der Waals surface area contributed by atoms with Crippen LogP contribution in [-0.4, -0.2) is 37.1 Å². The van der Waals surface area contributed by atoms with E-state index < -0.39 is 20.2 Å². The monoisotopic (exact) mass is 525 g/mol. The minimum atomic E-state index is -4.30. The lowest BCUT2D eigenvalue weighted by molar-refractivity contribution is 0.481. The van der Waals surface area contributed by atoms with Crippen LogP contribution in [0.15, 0.2) is 73.0 Å². The van der Waals surface area contributed by atoms with E-state index in [1.54, 1.807) is 12.1 Å². The normalized spacial score (nSPS) is 14.6. The van der Waals surface area contributed by atoms with Gasteiger partial charge in [-0.2, -0.15) is 16.8 Å². The lowest BCUT2D eigenvalue weighted by atomic mass is 10.3. The van der Waals surface area contributed by atoms with Gasteiger partial charge in [-0.3, -0.25) is 9.11 Å². The minimum Gasteiger partial charge on any atom is -0.329 e. The van der Waals surface area contributed by atoms with Crippen molar-refractivity contribution in [2.75, 3.05) is 11.4 Å². The molecule has 0 radical (unpaired) electrons. The zero-order valence-electron chi connectivity index (χ0n) is 17.5. The molecule has 0 bridgehead atoms. The maximum atomic E-state index is 11.4. The molecule has 0 fully saturated rings. The number of anilines is 1. The van der Waals surface area contributed by atoms with Gasteiger partial charge in [-0.25, -0.2) is 4.99 Å². The molecule has 1 aliphatic rings. The number of benzene rings is 2. The van der Waals surface area contributed by atoms with Gasteiger partial charge in [-0.05, 0) is 50.2 Å². The number of fused-ring (bicyclic) bond motifs is 2. The Kier molecular flexibility index (Phi) is 6.31. The van der Waals surface area contributed by atoms with Gasteiger partial charge in [0.15, 0.2) is 4.80 Å². The molecule has 0 amide bonds. The quantitative estimate of drug-likeness (QED) is 0.381. The summed E-state index contributed by atoms with van der Waals surface area (Å²) in [4.78, 5) is 7.42. The van der Waals surface area contributed by atoms with Crippen molar-refractivity contribution in [1.82, 2.24) is 4.57 Å². The molecule has 33 heavy (non-hydrogen) atoms. The third-order valence-corrected chi connectivity index (χ3v) is 8.75. The van der Waals surface area contributed by atoms with E-state index in [1.165, 1.54) is 53.6 Å². The second-order valence-corrected chi connectivity index (χ2v) is 11.8. The molecular weight excluding hydrogens is 507 g/mol.